The minimum Gasteiger partial charge on any atom is -0.444 e. The van der Waals surface area contributed by atoms with E-state index in [0.717, 1.165) is 0 Å². The first-order chi connectivity index (χ1) is 5.74. The Balaban J connectivity index is 4.16. The maximum atomic E-state index is 10.9. The van der Waals surface area contributed by atoms with Crippen molar-refractivity contribution in [2.45, 2.75) is 39.7 Å². The molecule has 0 saturated carbocycles. The van der Waals surface area contributed by atoms with Gasteiger partial charge in [-0.1, -0.05) is 6.92 Å². The van der Waals surface area contributed by atoms with E-state index in [9.17, 15) is 9.59 Å². The van der Waals surface area contributed by atoms with Gasteiger partial charge in [0, 0.05) is 5.92 Å². The van der Waals surface area contributed by atoms with E-state index in [0.29, 0.717) is 6.42 Å². The normalized spacial score (nSPS) is 13.5. The second kappa shape index (κ2) is 4.25. The van der Waals surface area contributed by atoms with Crippen LogP contribution in [0.3, 0.4) is 0 Å². The number of hydrogen-bond acceptors (Lipinski definition) is 3. The molecule has 0 bridgehead atoms. The van der Waals surface area contributed by atoms with Gasteiger partial charge in [-0.25, -0.2) is 4.79 Å². The zero-order valence-electron chi connectivity index (χ0n) is 8.59. The van der Waals surface area contributed by atoms with Gasteiger partial charge in [0.2, 0.25) is 0 Å². The van der Waals surface area contributed by atoms with Gasteiger partial charge in [-0.05, 0) is 27.2 Å². The van der Waals surface area contributed by atoms with Crippen LogP contribution in [-0.2, 0) is 9.53 Å². The summed E-state index contributed by atoms with van der Waals surface area (Å²) < 4.78 is 4.85. The zero-order valence-corrected chi connectivity index (χ0v) is 8.59. The Bertz CT molecular complexity index is 211. The van der Waals surface area contributed by atoms with Crippen LogP contribution in [-0.4, -0.2) is 17.5 Å². The molecule has 4 nitrogen and oxygen atoms in total. The Kier molecular flexibility index (Phi) is 3.91. The van der Waals surface area contributed by atoms with Crippen molar-refractivity contribution in [2.24, 2.45) is 11.7 Å². The zero-order chi connectivity index (χ0) is 10.6. The Morgan fingerprint density at radius 1 is 1.46 bits per heavy atom. The van der Waals surface area contributed by atoms with E-state index in [-0.39, 0.29) is 11.7 Å². The number of carbonyl (C=O) groups is 2. The lowest BCUT2D eigenvalue weighted by Crippen LogP contribution is -2.34. The number of amides is 1. The molecular weight excluding hydrogens is 170 g/mol. The molecule has 0 rings (SSSR count). The maximum Gasteiger partial charge on any atom is 0.405 e. The van der Waals surface area contributed by atoms with Crippen LogP contribution in [0.2, 0.25) is 0 Å². The molecule has 0 heterocycles. The Labute approximate surface area is 78.4 Å². The SMILES string of the molecule is CC(=O)C(C)CC(C)(C)OC(N)=O. The Hall–Kier alpha value is -1.06. The van der Waals surface area contributed by atoms with Crippen molar-refractivity contribution in [3.63, 3.8) is 0 Å². The third-order valence-corrected chi connectivity index (χ3v) is 1.87. The second-order valence-electron chi connectivity index (χ2n) is 3.90. The van der Waals surface area contributed by atoms with Gasteiger partial charge in [0.05, 0.1) is 0 Å². The molecule has 1 amide bonds. The van der Waals surface area contributed by atoms with Gasteiger partial charge in [0.1, 0.15) is 11.4 Å². The number of primary amides is 1. The molecule has 0 fully saturated rings. The van der Waals surface area contributed by atoms with Crippen molar-refractivity contribution in [3.05, 3.63) is 0 Å². The maximum absolute atomic E-state index is 10.9. The van der Waals surface area contributed by atoms with Gasteiger partial charge in [0.25, 0.3) is 0 Å². The third-order valence-electron chi connectivity index (χ3n) is 1.87. The highest BCUT2D eigenvalue weighted by Crippen LogP contribution is 2.20. The number of nitrogens with two attached hydrogens (primary N) is 1. The summed E-state index contributed by atoms with van der Waals surface area (Å²) in [6.07, 6.45) is -0.314. The molecular formula is C9H17NO3. The average Bonchev–Trinajstić information content (AvgIpc) is 1.81. The molecule has 0 aliphatic rings. The van der Waals surface area contributed by atoms with E-state index in [1.54, 1.807) is 20.8 Å². The number of rotatable bonds is 4. The summed E-state index contributed by atoms with van der Waals surface area (Å²) in [6, 6.07) is 0. The van der Waals surface area contributed by atoms with Gasteiger partial charge >= 0.3 is 6.09 Å². The summed E-state index contributed by atoms with van der Waals surface area (Å²) in [7, 11) is 0. The minimum atomic E-state index is -0.805. The number of ether oxygens (including phenoxy) is 1. The molecule has 0 saturated heterocycles. The molecule has 0 aromatic carbocycles. The topological polar surface area (TPSA) is 69.4 Å². The highest BCUT2D eigenvalue weighted by Gasteiger charge is 2.26. The van der Waals surface area contributed by atoms with Crippen molar-refractivity contribution >= 4 is 11.9 Å². The fraction of sp³-hybridized carbons (Fsp3) is 0.778. The van der Waals surface area contributed by atoms with E-state index < -0.39 is 11.7 Å². The van der Waals surface area contributed by atoms with E-state index in [4.69, 9.17) is 10.5 Å². The van der Waals surface area contributed by atoms with Gasteiger partial charge in [-0.3, -0.25) is 4.79 Å². The van der Waals surface area contributed by atoms with Crippen molar-refractivity contribution in [1.29, 1.82) is 0 Å². The van der Waals surface area contributed by atoms with Gasteiger partial charge < -0.3 is 10.5 Å². The average molecular weight is 187 g/mol. The number of carbonyl (C=O) groups excluding carboxylic acids is 2. The third kappa shape index (κ3) is 5.22. The Morgan fingerprint density at radius 2 is 1.92 bits per heavy atom. The van der Waals surface area contributed by atoms with E-state index >= 15 is 0 Å². The van der Waals surface area contributed by atoms with E-state index in [1.807, 2.05) is 0 Å². The van der Waals surface area contributed by atoms with Crippen LogP contribution in [0, 0.1) is 5.92 Å². The summed E-state index contributed by atoms with van der Waals surface area (Å²) in [5, 5.41) is 0. The van der Waals surface area contributed by atoms with Crippen molar-refractivity contribution < 1.29 is 14.3 Å². The number of Topliss-reactive ketones (excluding diaryl/α,β-unsaturated/α-hetero) is 1. The van der Waals surface area contributed by atoms with Crippen LogP contribution in [0.15, 0.2) is 0 Å². The molecule has 2 N–H and O–H groups in total. The van der Waals surface area contributed by atoms with E-state index in [2.05, 4.69) is 0 Å². The first kappa shape index (κ1) is 11.9. The molecule has 0 spiro atoms. The number of hydrogen-bond donors (Lipinski definition) is 1. The molecule has 0 aliphatic heterocycles. The van der Waals surface area contributed by atoms with Crippen molar-refractivity contribution in [2.75, 3.05) is 0 Å². The lowest BCUT2D eigenvalue weighted by molar-refractivity contribution is -0.122. The molecule has 13 heavy (non-hydrogen) atoms. The monoisotopic (exact) mass is 187 g/mol. The molecule has 1 unspecified atom stereocenters. The molecule has 0 aliphatic carbocycles. The molecule has 0 aromatic rings. The highest BCUT2D eigenvalue weighted by molar-refractivity contribution is 5.78. The largest absolute Gasteiger partial charge is 0.444 e. The molecule has 76 valence electrons. The molecule has 1 atom stereocenters. The summed E-state index contributed by atoms with van der Waals surface area (Å²) in [5.41, 5.74) is 4.21. The van der Waals surface area contributed by atoms with Gasteiger partial charge in [-0.2, -0.15) is 0 Å². The lowest BCUT2D eigenvalue weighted by atomic mass is 9.92. The first-order valence-electron chi connectivity index (χ1n) is 4.23. The van der Waals surface area contributed by atoms with Gasteiger partial charge in [0.15, 0.2) is 0 Å². The van der Waals surface area contributed by atoms with Crippen molar-refractivity contribution in [3.8, 4) is 0 Å². The van der Waals surface area contributed by atoms with Crippen LogP contribution in [0.5, 0.6) is 0 Å². The lowest BCUT2D eigenvalue weighted by Gasteiger charge is -2.26. The van der Waals surface area contributed by atoms with Gasteiger partial charge in [-0.15, -0.1) is 0 Å². The van der Waals surface area contributed by atoms with Crippen LogP contribution < -0.4 is 5.73 Å². The fourth-order valence-electron chi connectivity index (χ4n) is 1.20. The second-order valence-corrected chi connectivity index (χ2v) is 3.90. The predicted molar refractivity (Wildman–Crippen MR) is 49.2 cm³/mol. The molecule has 0 radical (unpaired) electrons. The quantitative estimate of drug-likeness (QED) is 0.724. The Morgan fingerprint density at radius 3 is 2.23 bits per heavy atom. The summed E-state index contributed by atoms with van der Waals surface area (Å²) >= 11 is 0. The number of ketones is 1. The molecule has 0 aromatic heterocycles. The predicted octanol–water partition coefficient (Wildman–Crippen LogP) is 1.48. The minimum absolute atomic E-state index is 0.0844. The van der Waals surface area contributed by atoms with Crippen molar-refractivity contribution in [1.82, 2.24) is 0 Å². The van der Waals surface area contributed by atoms with Crippen LogP contribution in [0.4, 0.5) is 4.79 Å². The molecule has 4 heteroatoms. The first-order valence-corrected chi connectivity index (χ1v) is 4.23. The van der Waals surface area contributed by atoms with Crippen LogP contribution >= 0.6 is 0 Å². The summed E-state index contributed by atoms with van der Waals surface area (Å²) in [5.74, 6) is -0.0319. The van der Waals surface area contributed by atoms with E-state index in [1.165, 1.54) is 6.92 Å². The van der Waals surface area contributed by atoms with Crippen LogP contribution in [0.25, 0.3) is 0 Å². The smallest absolute Gasteiger partial charge is 0.405 e. The fourth-order valence-corrected chi connectivity index (χ4v) is 1.20. The van der Waals surface area contributed by atoms with Crippen LogP contribution in [0.1, 0.15) is 34.1 Å². The standard InChI is InChI=1S/C9H17NO3/c1-6(7(2)11)5-9(3,4)13-8(10)12/h6H,5H2,1-4H3,(H2,10,12). The summed E-state index contributed by atoms with van der Waals surface area (Å²) in [4.78, 5) is 21.4. The highest BCUT2D eigenvalue weighted by atomic mass is 16.6. The summed E-state index contributed by atoms with van der Waals surface area (Å²) in [6.45, 7) is 6.79.